The number of benzene rings is 2. The topological polar surface area (TPSA) is 84.9 Å². The maximum Gasteiger partial charge on any atom is 0.308 e. The van der Waals surface area contributed by atoms with Gasteiger partial charge in [0.2, 0.25) is 5.91 Å². The van der Waals surface area contributed by atoms with E-state index in [1.807, 2.05) is 24.3 Å². The van der Waals surface area contributed by atoms with Gasteiger partial charge >= 0.3 is 11.9 Å². The van der Waals surface area contributed by atoms with Crippen LogP contribution in [0, 0.1) is 11.8 Å². The van der Waals surface area contributed by atoms with Gasteiger partial charge in [-0.2, -0.15) is 0 Å². The number of unbranched alkanes of at least 4 members (excludes halogenated alkanes) is 2. The molecule has 5 rings (SSSR count). The fourth-order valence-corrected chi connectivity index (χ4v) is 7.31. The molecular weight excluding hydrogens is 528 g/mol. The molecule has 4 unspecified atom stereocenters. The summed E-state index contributed by atoms with van der Waals surface area (Å²) in [7, 11) is 0. The molecule has 7 heteroatoms. The number of carbonyl (C=O) groups excluding carboxylic acids is 3. The summed E-state index contributed by atoms with van der Waals surface area (Å²) in [6.07, 6.45) is 9.04. The SMILES string of the molecule is CC(=O)Oc1cccc(C23CCN(CC4CC4)CC2C(OC(C)=O)CC(NC(=O)CCCCCc2ccccc2)C3)c1. The lowest BCUT2D eigenvalue weighted by Crippen LogP contribution is -2.61. The second kappa shape index (κ2) is 13.9. The minimum Gasteiger partial charge on any atom is -0.462 e. The van der Waals surface area contributed by atoms with Gasteiger partial charge in [-0.3, -0.25) is 14.4 Å². The number of fused-ring (bicyclic) bond motifs is 1. The van der Waals surface area contributed by atoms with E-state index in [1.54, 1.807) is 0 Å². The number of esters is 2. The van der Waals surface area contributed by atoms with Crippen molar-refractivity contribution in [2.45, 2.75) is 95.6 Å². The Morgan fingerprint density at radius 3 is 2.52 bits per heavy atom. The molecule has 0 aromatic heterocycles. The zero-order chi connectivity index (χ0) is 29.5. The molecule has 1 amide bonds. The molecular formula is C35H46N2O5. The first-order chi connectivity index (χ1) is 20.3. The number of hydrogen-bond donors (Lipinski definition) is 1. The number of rotatable bonds is 12. The molecule has 1 saturated heterocycles. The molecule has 4 atom stereocenters. The zero-order valence-corrected chi connectivity index (χ0v) is 25.2. The van der Waals surface area contributed by atoms with Crippen molar-refractivity contribution in [3.63, 3.8) is 0 Å². The van der Waals surface area contributed by atoms with Crippen LogP contribution in [0.3, 0.4) is 0 Å². The van der Waals surface area contributed by atoms with Crippen LogP contribution in [0.15, 0.2) is 54.6 Å². The van der Waals surface area contributed by atoms with Crippen molar-refractivity contribution in [2.75, 3.05) is 19.6 Å². The third kappa shape index (κ3) is 8.00. The van der Waals surface area contributed by atoms with Gasteiger partial charge in [0.15, 0.2) is 0 Å². The highest BCUT2D eigenvalue weighted by Gasteiger charge is 2.54. The van der Waals surface area contributed by atoms with Crippen LogP contribution in [-0.2, 0) is 31.0 Å². The average molecular weight is 575 g/mol. The van der Waals surface area contributed by atoms with Gasteiger partial charge in [-0.15, -0.1) is 0 Å². The molecule has 7 nitrogen and oxygen atoms in total. The Bertz CT molecular complexity index is 1230. The summed E-state index contributed by atoms with van der Waals surface area (Å²) in [6, 6.07) is 18.2. The van der Waals surface area contributed by atoms with Crippen LogP contribution in [-0.4, -0.2) is 54.5 Å². The van der Waals surface area contributed by atoms with Crippen molar-refractivity contribution < 1.29 is 23.9 Å². The summed E-state index contributed by atoms with van der Waals surface area (Å²) in [4.78, 5) is 39.8. The molecule has 3 aliphatic rings. The minimum absolute atomic E-state index is 0.0646. The largest absolute Gasteiger partial charge is 0.462 e. The molecule has 2 aromatic carbocycles. The summed E-state index contributed by atoms with van der Waals surface area (Å²) in [5, 5.41) is 3.33. The lowest BCUT2D eigenvalue weighted by molar-refractivity contribution is -0.157. The van der Waals surface area contributed by atoms with Gasteiger partial charge in [0.05, 0.1) is 0 Å². The Morgan fingerprint density at radius 1 is 0.976 bits per heavy atom. The van der Waals surface area contributed by atoms with E-state index >= 15 is 0 Å². The van der Waals surface area contributed by atoms with Gasteiger partial charge in [-0.1, -0.05) is 48.9 Å². The third-order valence-corrected chi connectivity index (χ3v) is 9.39. The molecule has 0 radical (unpaired) electrons. The van der Waals surface area contributed by atoms with E-state index in [0.29, 0.717) is 18.6 Å². The molecule has 0 bridgehead atoms. The smallest absolute Gasteiger partial charge is 0.308 e. The first kappa shape index (κ1) is 30.3. The van der Waals surface area contributed by atoms with Crippen LogP contribution in [0.4, 0.5) is 0 Å². The monoisotopic (exact) mass is 574 g/mol. The highest BCUT2D eigenvalue weighted by Crippen LogP contribution is 2.51. The van der Waals surface area contributed by atoms with Crippen LogP contribution < -0.4 is 10.1 Å². The van der Waals surface area contributed by atoms with Gasteiger partial charge in [-0.25, -0.2) is 0 Å². The van der Waals surface area contributed by atoms with Crippen molar-refractivity contribution in [3.05, 3.63) is 65.7 Å². The molecule has 226 valence electrons. The number of likely N-dealkylation sites (tertiary alicyclic amines) is 1. The van der Waals surface area contributed by atoms with Gasteiger partial charge < -0.3 is 19.7 Å². The van der Waals surface area contributed by atoms with E-state index < -0.39 is 0 Å². The van der Waals surface area contributed by atoms with Gasteiger partial charge in [0.1, 0.15) is 11.9 Å². The van der Waals surface area contributed by atoms with Crippen LogP contribution in [0.5, 0.6) is 5.75 Å². The van der Waals surface area contributed by atoms with E-state index in [2.05, 4.69) is 40.5 Å². The number of carbonyl (C=O) groups is 3. The number of aryl methyl sites for hydroxylation is 1. The predicted molar refractivity (Wildman–Crippen MR) is 162 cm³/mol. The Hall–Kier alpha value is -3.19. The number of piperidine rings is 1. The van der Waals surface area contributed by atoms with Crippen LogP contribution in [0.2, 0.25) is 0 Å². The molecule has 1 N–H and O–H groups in total. The lowest BCUT2D eigenvalue weighted by Gasteiger charge is -2.55. The molecule has 3 fully saturated rings. The minimum atomic E-state index is -0.351. The second-order valence-corrected chi connectivity index (χ2v) is 12.7. The van der Waals surface area contributed by atoms with E-state index in [4.69, 9.17) is 9.47 Å². The highest BCUT2D eigenvalue weighted by molar-refractivity contribution is 5.76. The molecule has 2 aromatic rings. The Balaban J connectivity index is 1.30. The van der Waals surface area contributed by atoms with E-state index in [1.165, 1.54) is 32.3 Å². The van der Waals surface area contributed by atoms with E-state index in [0.717, 1.165) is 69.6 Å². The fourth-order valence-electron chi connectivity index (χ4n) is 7.31. The van der Waals surface area contributed by atoms with Crippen LogP contribution in [0.25, 0.3) is 0 Å². The maximum absolute atomic E-state index is 13.1. The lowest BCUT2D eigenvalue weighted by atomic mass is 9.57. The average Bonchev–Trinajstić information content (AvgIpc) is 3.77. The van der Waals surface area contributed by atoms with Gasteiger partial charge in [-0.05, 0) is 80.7 Å². The highest BCUT2D eigenvalue weighted by atomic mass is 16.5. The van der Waals surface area contributed by atoms with Crippen molar-refractivity contribution in [3.8, 4) is 5.75 Å². The Kier molecular flexibility index (Phi) is 9.99. The number of nitrogens with one attached hydrogen (secondary N) is 1. The van der Waals surface area contributed by atoms with Crippen LogP contribution in [0.1, 0.15) is 82.8 Å². The number of hydrogen-bond acceptors (Lipinski definition) is 6. The summed E-state index contributed by atoms with van der Waals surface area (Å²) < 4.78 is 11.5. The van der Waals surface area contributed by atoms with Crippen molar-refractivity contribution in [1.29, 1.82) is 0 Å². The number of nitrogens with zero attached hydrogens (tertiary/aromatic N) is 1. The molecule has 1 heterocycles. The molecule has 2 saturated carbocycles. The number of ether oxygens (including phenoxy) is 2. The summed E-state index contributed by atoms with van der Waals surface area (Å²) in [5.74, 6) is 0.824. The molecule has 1 aliphatic heterocycles. The first-order valence-electron chi connectivity index (χ1n) is 15.8. The number of amides is 1. The summed E-state index contributed by atoms with van der Waals surface area (Å²) in [6.45, 7) is 5.80. The van der Waals surface area contributed by atoms with Crippen molar-refractivity contribution in [1.82, 2.24) is 10.2 Å². The van der Waals surface area contributed by atoms with Crippen molar-refractivity contribution >= 4 is 17.8 Å². The second-order valence-electron chi connectivity index (χ2n) is 12.7. The quantitative estimate of drug-likeness (QED) is 0.202. The van der Waals surface area contributed by atoms with Crippen LogP contribution >= 0.6 is 0 Å². The molecule has 42 heavy (non-hydrogen) atoms. The maximum atomic E-state index is 13.1. The van der Waals surface area contributed by atoms with E-state index in [-0.39, 0.29) is 41.3 Å². The standard InChI is InChI=1S/C35H46N2O5/c1-25(38)41-31-14-9-13-29(20-31)35-18-19-37(23-28-16-17-28)24-32(35)33(42-26(2)39)21-30(22-35)36-34(40)15-8-4-7-12-27-10-5-3-6-11-27/h3,5-6,9-11,13-14,20,28,30,32-33H,4,7-8,12,15-19,21-24H2,1-2H3,(H,36,40). The summed E-state index contributed by atoms with van der Waals surface area (Å²) in [5.41, 5.74) is 2.12. The zero-order valence-electron chi connectivity index (χ0n) is 25.2. The Morgan fingerprint density at radius 2 is 1.79 bits per heavy atom. The summed E-state index contributed by atoms with van der Waals surface area (Å²) >= 11 is 0. The molecule has 0 spiro atoms. The predicted octanol–water partition coefficient (Wildman–Crippen LogP) is 5.60. The normalized spacial score (nSPS) is 25.7. The van der Waals surface area contributed by atoms with Gasteiger partial charge in [0, 0.05) is 57.2 Å². The third-order valence-electron chi connectivity index (χ3n) is 9.39. The first-order valence-corrected chi connectivity index (χ1v) is 15.8. The van der Waals surface area contributed by atoms with Crippen molar-refractivity contribution in [2.24, 2.45) is 11.8 Å². The van der Waals surface area contributed by atoms with Gasteiger partial charge in [0.25, 0.3) is 0 Å². The molecule has 2 aliphatic carbocycles. The van der Waals surface area contributed by atoms with E-state index in [9.17, 15) is 14.4 Å². The Labute approximate surface area is 250 Å². The fraction of sp³-hybridized carbons (Fsp3) is 0.571.